The molecular formula is C11H14ClN3O3. The highest BCUT2D eigenvalue weighted by Gasteiger charge is 2.33. The maximum Gasteiger partial charge on any atom is 0.308 e. The fourth-order valence-electron chi connectivity index (χ4n) is 2.18. The standard InChI is InChI=1S/C11H14ClN3O3/c1-6-8(9(12)14(2)13-6)10(16)15-4-3-7(5-15)11(17)18/h7H,3-5H2,1-2H3,(H,17,18)/t7-/m0/s1. The van der Waals surface area contributed by atoms with Crippen molar-refractivity contribution >= 4 is 23.5 Å². The molecule has 98 valence electrons. The van der Waals surface area contributed by atoms with Crippen molar-refractivity contribution in [1.82, 2.24) is 14.7 Å². The highest BCUT2D eigenvalue weighted by molar-refractivity contribution is 6.33. The summed E-state index contributed by atoms with van der Waals surface area (Å²) in [7, 11) is 1.66. The lowest BCUT2D eigenvalue weighted by molar-refractivity contribution is -0.141. The topological polar surface area (TPSA) is 75.4 Å². The van der Waals surface area contributed by atoms with Crippen molar-refractivity contribution in [3.05, 3.63) is 16.4 Å². The molecule has 0 radical (unpaired) electrons. The Labute approximate surface area is 109 Å². The Morgan fingerprint density at radius 1 is 1.50 bits per heavy atom. The lowest BCUT2D eigenvalue weighted by Crippen LogP contribution is -2.30. The van der Waals surface area contributed by atoms with E-state index in [-0.39, 0.29) is 17.6 Å². The average molecular weight is 272 g/mol. The van der Waals surface area contributed by atoms with E-state index in [1.807, 2.05) is 0 Å². The molecule has 2 rings (SSSR count). The van der Waals surface area contributed by atoms with Crippen LogP contribution < -0.4 is 0 Å². The first-order valence-corrected chi connectivity index (χ1v) is 6.00. The fraction of sp³-hybridized carbons (Fsp3) is 0.545. The predicted octanol–water partition coefficient (Wildman–Crippen LogP) is 0.929. The minimum absolute atomic E-state index is 0.235. The second kappa shape index (κ2) is 4.61. The fourth-order valence-corrected chi connectivity index (χ4v) is 2.43. The van der Waals surface area contributed by atoms with Crippen molar-refractivity contribution in [2.75, 3.05) is 13.1 Å². The van der Waals surface area contributed by atoms with Gasteiger partial charge in [-0.2, -0.15) is 5.10 Å². The van der Waals surface area contributed by atoms with Crippen molar-refractivity contribution in [2.24, 2.45) is 13.0 Å². The van der Waals surface area contributed by atoms with Gasteiger partial charge in [-0.3, -0.25) is 14.3 Å². The number of likely N-dealkylation sites (tertiary alicyclic amines) is 1. The van der Waals surface area contributed by atoms with Crippen LogP contribution >= 0.6 is 11.6 Å². The molecule has 0 aliphatic carbocycles. The van der Waals surface area contributed by atoms with Crippen LogP contribution in [0.4, 0.5) is 0 Å². The molecule has 1 N–H and O–H groups in total. The maximum atomic E-state index is 12.3. The van der Waals surface area contributed by atoms with Crippen molar-refractivity contribution < 1.29 is 14.7 Å². The second-order valence-electron chi connectivity index (χ2n) is 4.45. The molecule has 1 aromatic heterocycles. The van der Waals surface area contributed by atoms with Gasteiger partial charge in [-0.15, -0.1) is 0 Å². The number of carbonyl (C=O) groups is 2. The first-order chi connectivity index (χ1) is 8.41. The molecule has 2 heterocycles. The van der Waals surface area contributed by atoms with E-state index < -0.39 is 11.9 Å². The van der Waals surface area contributed by atoms with Crippen LogP contribution in [0.2, 0.25) is 5.15 Å². The Hall–Kier alpha value is -1.56. The number of carboxylic acids is 1. The van der Waals surface area contributed by atoms with Gasteiger partial charge in [0.1, 0.15) is 5.15 Å². The normalized spacial score (nSPS) is 19.3. The molecule has 1 fully saturated rings. The zero-order valence-electron chi connectivity index (χ0n) is 10.2. The van der Waals surface area contributed by atoms with Crippen LogP contribution in [-0.2, 0) is 11.8 Å². The van der Waals surface area contributed by atoms with E-state index in [0.717, 1.165) is 0 Å². The summed E-state index contributed by atoms with van der Waals surface area (Å²) < 4.78 is 1.44. The number of halogens is 1. The average Bonchev–Trinajstić information content (AvgIpc) is 2.85. The molecule has 1 aliphatic heterocycles. The van der Waals surface area contributed by atoms with Crippen LogP contribution in [0.15, 0.2) is 0 Å². The summed E-state index contributed by atoms with van der Waals surface area (Å²) in [5.74, 6) is -1.58. The summed E-state index contributed by atoms with van der Waals surface area (Å²) in [4.78, 5) is 24.7. The number of aliphatic carboxylic acids is 1. The van der Waals surface area contributed by atoms with Crippen LogP contribution in [0.25, 0.3) is 0 Å². The van der Waals surface area contributed by atoms with Crippen molar-refractivity contribution in [3.63, 3.8) is 0 Å². The third-order valence-corrected chi connectivity index (χ3v) is 3.62. The zero-order chi connectivity index (χ0) is 13.4. The highest BCUT2D eigenvalue weighted by Crippen LogP contribution is 2.24. The van der Waals surface area contributed by atoms with Crippen LogP contribution in [0.3, 0.4) is 0 Å². The third kappa shape index (κ3) is 2.08. The highest BCUT2D eigenvalue weighted by atomic mass is 35.5. The van der Waals surface area contributed by atoms with Gasteiger partial charge in [0.25, 0.3) is 5.91 Å². The molecule has 0 saturated carbocycles. The minimum Gasteiger partial charge on any atom is -0.481 e. The Kier molecular flexibility index (Phi) is 3.30. The molecule has 0 unspecified atom stereocenters. The van der Waals surface area contributed by atoms with Crippen LogP contribution in [0.1, 0.15) is 22.5 Å². The number of nitrogens with zero attached hydrogens (tertiary/aromatic N) is 3. The number of hydrogen-bond acceptors (Lipinski definition) is 3. The second-order valence-corrected chi connectivity index (χ2v) is 4.81. The molecule has 7 heteroatoms. The molecule has 0 aromatic carbocycles. The summed E-state index contributed by atoms with van der Waals surface area (Å²) in [6.45, 7) is 2.39. The monoisotopic (exact) mass is 271 g/mol. The van der Waals surface area contributed by atoms with Gasteiger partial charge < -0.3 is 10.0 Å². The van der Waals surface area contributed by atoms with Crippen LogP contribution in [0, 0.1) is 12.8 Å². The van der Waals surface area contributed by atoms with Gasteiger partial charge in [-0.05, 0) is 13.3 Å². The number of amides is 1. The smallest absolute Gasteiger partial charge is 0.308 e. The van der Waals surface area contributed by atoms with Crippen molar-refractivity contribution in [3.8, 4) is 0 Å². The Morgan fingerprint density at radius 2 is 2.17 bits per heavy atom. The molecular weight excluding hydrogens is 258 g/mol. The SMILES string of the molecule is Cc1nn(C)c(Cl)c1C(=O)N1CC[C@H](C(=O)O)C1. The molecule has 0 spiro atoms. The lowest BCUT2D eigenvalue weighted by atomic mass is 10.1. The number of aryl methyl sites for hydroxylation is 2. The quantitative estimate of drug-likeness (QED) is 0.868. The summed E-state index contributed by atoms with van der Waals surface area (Å²) >= 11 is 6.02. The summed E-state index contributed by atoms with van der Waals surface area (Å²) in [5, 5.41) is 13.3. The molecule has 1 aromatic rings. The van der Waals surface area contributed by atoms with Gasteiger partial charge in [0.2, 0.25) is 0 Å². The molecule has 18 heavy (non-hydrogen) atoms. The van der Waals surface area contributed by atoms with Gasteiger partial charge in [0.05, 0.1) is 17.2 Å². The number of rotatable bonds is 2. The minimum atomic E-state index is -0.862. The van der Waals surface area contributed by atoms with Gasteiger partial charge in [-0.1, -0.05) is 11.6 Å². The van der Waals surface area contributed by atoms with Crippen molar-refractivity contribution in [2.45, 2.75) is 13.3 Å². The van der Waals surface area contributed by atoms with E-state index in [4.69, 9.17) is 16.7 Å². The van der Waals surface area contributed by atoms with Gasteiger partial charge in [-0.25, -0.2) is 0 Å². The molecule has 6 nitrogen and oxygen atoms in total. The van der Waals surface area contributed by atoms with Crippen molar-refractivity contribution in [1.29, 1.82) is 0 Å². The zero-order valence-corrected chi connectivity index (χ0v) is 10.9. The van der Waals surface area contributed by atoms with E-state index in [0.29, 0.717) is 24.2 Å². The third-order valence-electron chi connectivity index (χ3n) is 3.19. The van der Waals surface area contributed by atoms with E-state index in [9.17, 15) is 9.59 Å². The van der Waals surface area contributed by atoms with E-state index >= 15 is 0 Å². The first-order valence-electron chi connectivity index (χ1n) is 5.63. The molecule has 1 aliphatic rings. The predicted molar refractivity (Wildman–Crippen MR) is 64.6 cm³/mol. The molecule has 1 atom stereocenters. The number of carbonyl (C=O) groups excluding carboxylic acids is 1. The van der Waals surface area contributed by atoms with Gasteiger partial charge in [0, 0.05) is 20.1 Å². The Morgan fingerprint density at radius 3 is 2.61 bits per heavy atom. The van der Waals surface area contributed by atoms with E-state index in [1.165, 1.54) is 9.58 Å². The summed E-state index contributed by atoms with van der Waals surface area (Å²) in [6, 6.07) is 0. The molecule has 1 amide bonds. The number of aromatic nitrogens is 2. The van der Waals surface area contributed by atoms with Gasteiger partial charge >= 0.3 is 5.97 Å². The summed E-state index contributed by atoms with van der Waals surface area (Å²) in [5.41, 5.74) is 0.927. The summed E-state index contributed by atoms with van der Waals surface area (Å²) in [6.07, 6.45) is 0.484. The van der Waals surface area contributed by atoms with E-state index in [1.54, 1.807) is 14.0 Å². The number of hydrogen-bond donors (Lipinski definition) is 1. The first kappa shape index (κ1) is 12.9. The Bertz CT molecular complexity index is 512. The van der Waals surface area contributed by atoms with Crippen LogP contribution in [-0.4, -0.2) is 44.8 Å². The maximum absolute atomic E-state index is 12.3. The number of carboxylic acid groups (broad SMARTS) is 1. The lowest BCUT2D eigenvalue weighted by Gasteiger charge is -2.15. The van der Waals surface area contributed by atoms with E-state index in [2.05, 4.69) is 5.10 Å². The molecule has 1 saturated heterocycles. The largest absolute Gasteiger partial charge is 0.481 e. The van der Waals surface area contributed by atoms with Gasteiger partial charge in [0.15, 0.2) is 0 Å². The van der Waals surface area contributed by atoms with Crippen LogP contribution in [0.5, 0.6) is 0 Å². The molecule has 0 bridgehead atoms. The Balaban J connectivity index is 2.20.